The first kappa shape index (κ1) is 26.2. The zero-order valence-electron chi connectivity index (χ0n) is 23.5. The predicted molar refractivity (Wildman–Crippen MR) is 147 cm³/mol. The van der Waals surface area contributed by atoms with Crippen LogP contribution in [-0.2, 0) is 14.4 Å². The molecule has 6 heteroatoms. The molecule has 1 aromatic rings. The minimum Gasteiger partial charge on any atom is -0.342 e. The van der Waals surface area contributed by atoms with E-state index in [1.807, 2.05) is 52.1 Å². The molecule has 37 heavy (non-hydrogen) atoms. The highest BCUT2D eigenvalue weighted by Crippen LogP contribution is 2.66. The van der Waals surface area contributed by atoms with E-state index >= 15 is 0 Å². The molecule has 3 saturated carbocycles. The van der Waals surface area contributed by atoms with E-state index < -0.39 is 5.41 Å². The maximum atomic E-state index is 13.6. The Bertz CT molecular complexity index is 1080. The van der Waals surface area contributed by atoms with Crippen molar-refractivity contribution in [2.75, 3.05) is 17.7 Å². The Morgan fingerprint density at radius 3 is 2.14 bits per heavy atom. The van der Waals surface area contributed by atoms with Crippen LogP contribution in [0, 0.1) is 39.9 Å². The van der Waals surface area contributed by atoms with Gasteiger partial charge in [-0.05, 0) is 97.8 Å². The van der Waals surface area contributed by atoms with Crippen LogP contribution >= 0.6 is 0 Å². The molecule has 6 nitrogen and oxygen atoms in total. The normalized spacial score (nSPS) is 37.3. The van der Waals surface area contributed by atoms with Crippen LogP contribution in [0.1, 0.15) is 86.0 Å². The minimum absolute atomic E-state index is 0.0276. The molecule has 1 aromatic carbocycles. The van der Waals surface area contributed by atoms with Crippen molar-refractivity contribution in [1.82, 2.24) is 4.90 Å². The molecule has 0 unspecified atom stereocenters. The average molecular weight is 508 g/mol. The van der Waals surface area contributed by atoms with Gasteiger partial charge in [0.1, 0.15) is 0 Å². The van der Waals surface area contributed by atoms with Gasteiger partial charge in [-0.15, -0.1) is 0 Å². The Balaban J connectivity index is 1.26. The van der Waals surface area contributed by atoms with E-state index in [1.165, 1.54) is 12.8 Å². The molecule has 0 aromatic heterocycles. The third kappa shape index (κ3) is 4.38. The number of hydrogen-bond acceptors (Lipinski definition) is 3. The largest absolute Gasteiger partial charge is 0.342 e. The number of rotatable bonds is 3. The summed E-state index contributed by atoms with van der Waals surface area (Å²) in [5.74, 6) is 2.33. The van der Waals surface area contributed by atoms with E-state index in [9.17, 15) is 14.4 Å². The van der Waals surface area contributed by atoms with Crippen molar-refractivity contribution in [3.63, 3.8) is 0 Å². The second-order valence-corrected chi connectivity index (χ2v) is 13.9. The molecule has 7 atom stereocenters. The number of benzene rings is 1. The van der Waals surface area contributed by atoms with Gasteiger partial charge in [-0.2, -0.15) is 0 Å². The second-order valence-electron chi connectivity index (χ2n) is 13.9. The maximum Gasteiger partial charge on any atom is 0.229 e. The molecule has 0 radical (unpaired) electrons. The predicted octanol–water partition coefficient (Wildman–Crippen LogP) is 6.09. The lowest BCUT2D eigenvalue weighted by molar-refractivity contribution is -0.159. The third-order valence-corrected chi connectivity index (χ3v) is 11.0. The standard InChI is InChI=1S/C31H45N3O3/c1-29(2,3)28(37)33-20-9-7-19(8-10-20)32-27(36)24-13-12-22-21-11-14-25-31(5,18-16-26(35)34(25)6)23(21)15-17-30(22,24)4/h7-10,21-25H,11-18H2,1-6H3,(H,32,36)(H,33,37)/t21-,22-,23-,24+,25+,30-,31+/m0/s1. The topological polar surface area (TPSA) is 78.5 Å². The molecular weight excluding hydrogens is 462 g/mol. The number of nitrogens with zero attached hydrogens (tertiary/aromatic N) is 1. The third-order valence-electron chi connectivity index (χ3n) is 11.0. The van der Waals surface area contributed by atoms with E-state index in [4.69, 9.17) is 0 Å². The molecule has 1 saturated heterocycles. The van der Waals surface area contributed by atoms with E-state index in [0.717, 1.165) is 43.5 Å². The molecular formula is C31H45N3O3. The Labute approximate surface area is 222 Å². The van der Waals surface area contributed by atoms with Crippen molar-refractivity contribution in [3.8, 4) is 0 Å². The second kappa shape index (κ2) is 9.13. The maximum absolute atomic E-state index is 13.6. The minimum atomic E-state index is -0.457. The fourth-order valence-corrected chi connectivity index (χ4v) is 8.77. The summed E-state index contributed by atoms with van der Waals surface area (Å²) >= 11 is 0. The van der Waals surface area contributed by atoms with Gasteiger partial charge in [-0.25, -0.2) is 0 Å². The van der Waals surface area contributed by atoms with E-state index in [2.05, 4.69) is 29.4 Å². The van der Waals surface area contributed by atoms with Crippen LogP contribution < -0.4 is 10.6 Å². The summed E-state index contributed by atoms with van der Waals surface area (Å²) in [6, 6.07) is 7.84. The summed E-state index contributed by atoms with van der Waals surface area (Å²) in [5.41, 5.74) is 1.30. The fourth-order valence-electron chi connectivity index (χ4n) is 8.77. The summed E-state index contributed by atoms with van der Waals surface area (Å²) in [6.07, 6.45) is 8.31. The van der Waals surface area contributed by atoms with Gasteiger partial charge in [-0.1, -0.05) is 34.6 Å². The van der Waals surface area contributed by atoms with E-state index in [1.54, 1.807) is 0 Å². The smallest absolute Gasteiger partial charge is 0.229 e. The number of carbonyl (C=O) groups is 3. The van der Waals surface area contributed by atoms with Crippen LogP contribution in [0.3, 0.4) is 0 Å². The Morgan fingerprint density at radius 1 is 0.865 bits per heavy atom. The molecule has 3 amide bonds. The van der Waals surface area contributed by atoms with Crippen LogP contribution in [-0.4, -0.2) is 35.7 Å². The zero-order valence-corrected chi connectivity index (χ0v) is 23.5. The fraction of sp³-hybridized carbons (Fsp3) is 0.710. The first-order chi connectivity index (χ1) is 17.3. The summed E-state index contributed by atoms with van der Waals surface area (Å²) < 4.78 is 0. The van der Waals surface area contributed by atoms with Gasteiger partial charge in [0.2, 0.25) is 17.7 Å². The lowest BCUT2D eigenvalue weighted by Gasteiger charge is -2.61. The van der Waals surface area contributed by atoms with Crippen molar-refractivity contribution in [3.05, 3.63) is 24.3 Å². The number of hydrogen-bond donors (Lipinski definition) is 2. The van der Waals surface area contributed by atoms with Crippen molar-refractivity contribution in [2.45, 2.75) is 92.0 Å². The van der Waals surface area contributed by atoms with Crippen LogP contribution in [0.15, 0.2) is 24.3 Å². The molecule has 1 aliphatic heterocycles. The number of amides is 3. The zero-order chi connectivity index (χ0) is 26.8. The molecule has 1 heterocycles. The Hall–Kier alpha value is -2.37. The number of fused-ring (bicyclic) bond motifs is 5. The summed E-state index contributed by atoms with van der Waals surface area (Å²) in [6.45, 7) is 10.5. The van der Waals surface area contributed by atoms with Crippen LogP contribution in [0.4, 0.5) is 11.4 Å². The summed E-state index contributed by atoms with van der Waals surface area (Å²) in [4.78, 5) is 40.3. The quantitative estimate of drug-likeness (QED) is 0.520. The van der Waals surface area contributed by atoms with E-state index in [0.29, 0.717) is 36.1 Å². The lowest BCUT2D eigenvalue weighted by atomic mass is 9.47. The van der Waals surface area contributed by atoms with E-state index in [-0.39, 0.29) is 28.6 Å². The van der Waals surface area contributed by atoms with Crippen molar-refractivity contribution in [2.24, 2.45) is 39.9 Å². The van der Waals surface area contributed by atoms with Gasteiger partial charge >= 0.3 is 0 Å². The monoisotopic (exact) mass is 507 g/mol. The number of anilines is 2. The molecule has 0 bridgehead atoms. The first-order valence-corrected chi connectivity index (χ1v) is 14.3. The van der Waals surface area contributed by atoms with Gasteiger partial charge in [-0.3, -0.25) is 14.4 Å². The highest BCUT2D eigenvalue weighted by molar-refractivity contribution is 5.96. The lowest BCUT2D eigenvalue weighted by Crippen LogP contribution is -2.61. The highest BCUT2D eigenvalue weighted by Gasteiger charge is 2.62. The summed E-state index contributed by atoms with van der Waals surface area (Å²) in [7, 11) is 2.01. The van der Waals surface area contributed by atoms with Crippen LogP contribution in [0.5, 0.6) is 0 Å². The number of carbonyl (C=O) groups excluding carboxylic acids is 3. The molecule has 4 fully saturated rings. The Morgan fingerprint density at radius 2 is 1.49 bits per heavy atom. The highest BCUT2D eigenvalue weighted by atomic mass is 16.2. The van der Waals surface area contributed by atoms with Gasteiger partial charge in [0.25, 0.3) is 0 Å². The molecule has 4 aliphatic rings. The van der Waals surface area contributed by atoms with Crippen LogP contribution in [0.2, 0.25) is 0 Å². The Kier molecular flexibility index (Phi) is 6.48. The SMILES string of the molecule is CN1C(=O)CC[C@]2(C)[C@H]3CC[C@]4(C)[C@@H](C(=O)Nc5ccc(NC(=O)C(C)(C)C)cc5)CC[C@H]4[C@@H]3CC[C@@H]12. The molecule has 202 valence electrons. The van der Waals surface area contributed by atoms with Crippen molar-refractivity contribution >= 4 is 29.1 Å². The molecule has 5 rings (SSSR count). The van der Waals surface area contributed by atoms with Crippen molar-refractivity contribution in [1.29, 1.82) is 0 Å². The molecule has 0 spiro atoms. The van der Waals surface area contributed by atoms with Gasteiger partial charge in [0.15, 0.2) is 0 Å². The van der Waals surface area contributed by atoms with Crippen molar-refractivity contribution < 1.29 is 14.4 Å². The number of piperidine rings is 1. The number of nitrogens with one attached hydrogen (secondary N) is 2. The first-order valence-electron chi connectivity index (χ1n) is 14.3. The molecule has 3 aliphatic carbocycles. The van der Waals surface area contributed by atoms with Gasteiger partial charge in [0, 0.05) is 42.2 Å². The van der Waals surface area contributed by atoms with Gasteiger partial charge in [0.05, 0.1) is 0 Å². The molecule has 2 N–H and O–H groups in total. The average Bonchev–Trinajstić information content (AvgIpc) is 3.20. The van der Waals surface area contributed by atoms with Gasteiger partial charge < -0.3 is 15.5 Å². The number of likely N-dealkylation sites (tertiary alicyclic amines) is 1. The van der Waals surface area contributed by atoms with Crippen LogP contribution in [0.25, 0.3) is 0 Å². The summed E-state index contributed by atoms with van der Waals surface area (Å²) in [5, 5.41) is 6.13.